The molecule has 0 atom stereocenters. The van der Waals surface area contributed by atoms with Crippen molar-refractivity contribution >= 4 is 29.2 Å². The lowest BCUT2D eigenvalue weighted by atomic mass is 10.2. The number of aliphatic carboxylic acids is 1. The molecule has 0 radical (unpaired) electrons. The summed E-state index contributed by atoms with van der Waals surface area (Å²) >= 11 is 0. The van der Waals surface area contributed by atoms with E-state index in [9.17, 15) is 18.8 Å². The first-order chi connectivity index (χ1) is 13.3. The molecule has 0 aliphatic heterocycles. The molecule has 9 heteroatoms. The standard InChI is InChI=1S/C19H17FN2O6/c1-27-15-10-14(22-19(26)11-4-3-5-12(20)8-11)16(28-2)9-13(15)21-17(23)6-7-18(24)25/h3-10H,1-2H3,(H,21,23)(H,22,26)(H,24,25). The molecule has 0 aliphatic rings. The molecule has 0 bridgehead atoms. The van der Waals surface area contributed by atoms with Gasteiger partial charge in [-0.3, -0.25) is 9.59 Å². The number of benzene rings is 2. The second kappa shape index (κ2) is 9.17. The Morgan fingerprint density at radius 2 is 1.57 bits per heavy atom. The van der Waals surface area contributed by atoms with Crippen LogP contribution in [-0.4, -0.2) is 37.1 Å². The first-order valence-corrected chi connectivity index (χ1v) is 7.89. The lowest BCUT2D eigenvalue weighted by molar-refractivity contribution is -0.131. The molecule has 8 nitrogen and oxygen atoms in total. The zero-order valence-electron chi connectivity index (χ0n) is 15.0. The molecule has 2 aromatic rings. The maximum absolute atomic E-state index is 13.3. The lowest BCUT2D eigenvalue weighted by Crippen LogP contribution is -2.14. The number of carboxylic acid groups (broad SMARTS) is 1. The summed E-state index contributed by atoms with van der Waals surface area (Å²) < 4.78 is 23.7. The Labute approximate surface area is 159 Å². The number of ether oxygens (including phenoxy) is 2. The topological polar surface area (TPSA) is 114 Å². The van der Waals surface area contributed by atoms with Crippen molar-refractivity contribution in [3.05, 3.63) is 59.9 Å². The van der Waals surface area contributed by atoms with Crippen LogP contribution in [0.1, 0.15) is 10.4 Å². The summed E-state index contributed by atoms with van der Waals surface area (Å²) in [6.07, 6.45) is 1.53. The summed E-state index contributed by atoms with van der Waals surface area (Å²) in [5, 5.41) is 13.6. The zero-order valence-corrected chi connectivity index (χ0v) is 15.0. The highest BCUT2D eigenvalue weighted by Gasteiger charge is 2.16. The molecule has 0 aromatic heterocycles. The third-order valence-corrected chi connectivity index (χ3v) is 3.49. The summed E-state index contributed by atoms with van der Waals surface area (Å²) in [6.45, 7) is 0. The number of hydrogen-bond acceptors (Lipinski definition) is 5. The maximum Gasteiger partial charge on any atom is 0.328 e. The fourth-order valence-electron chi connectivity index (χ4n) is 2.24. The van der Waals surface area contributed by atoms with Gasteiger partial charge in [0.15, 0.2) is 0 Å². The van der Waals surface area contributed by atoms with E-state index in [1.54, 1.807) is 0 Å². The first kappa shape index (κ1) is 20.4. The van der Waals surface area contributed by atoms with Crippen LogP contribution in [0, 0.1) is 5.82 Å². The van der Waals surface area contributed by atoms with E-state index in [4.69, 9.17) is 14.6 Å². The number of carboxylic acids is 1. The van der Waals surface area contributed by atoms with E-state index in [1.807, 2.05) is 0 Å². The Kier molecular flexibility index (Phi) is 6.69. The van der Waals surface area contributed by atoms with Crippen LogP contribution < -0.4 is 20.1 Å². The zero-order chi connectivity index (χ0) is 20.7. The van der Waals surface area contributed by atoms with Gasteiger partial charge in [-0.05, 0) is 18.2 Å². The van der Waals surface area contributed by atoms with E-state index in [0.717, 1.165) is 12.1 Å². The quantitative estimate of drug-likeness (QED) is 0.629. The van der Waals surface area contributed by atoms with Crippen molar-refractivity contribution in [3.63, 3.8) is 0 Å². The number of nitrogens with one attached hydrogen (secondary N) is 2. The Morgan fingerprint density at radius 3 is 2.11 bits per heavy atom. The third-order valence-electron chi connectivity index (χ3n) is 3.49. The molecule has 146 valence electrons. The van der Waals surface area contributed by atoms with Crippen LogP contribution in [0.2, 0.25) is 0 Å². The average molecular weight is 388 g/mol. The van der Waals surface area contributed by atoms with Gasteiger partial charge < -0.3 is 25.2 Å². The fourth-order valence-corrected chi connectivity index (χ4v) is 2.24. The van der Waals surface area contributed by atoms with Crippen molar-refractivity contribution in [2.75, 3.05) is 24.9 Å². The average Bonchev–Trinajstić information content (AvgIpc) is 2.67. The second-order valence-corrected chi connectivity index (χ2v) is 5.38. The van der Waals surface area contributed by atoms with Gasteiger partial charge in [-0.25, -0.2) is 9.18 Å². The van der Waals surface area contributed by atoms with Crippen molar-refractivity contribution in [1.82, 2.24) is 0 Å². The summed E-state index contributed by atoms with van der Waals surface area (Å²) in [5.41, 5.74) is 0.535. The summed E-state index contributed by atoms with van der Waals surface area (Å²) in [6, 6.07) is 7.97. The monoisotopic (exact) mass is 388 g/mol. The molecule has 0 aliphatic carbocycles. The number of halogens is 1. The van der Waals surface area contributed by atoms with Crippen LogP contribution in [0.15, 0.2) is 48.6 Å². The number of hydrogen-bond donors (Lipinski definition) is 3. The minimum Gasteiger partial charge on any atom is -0.494 e. The Balaban J connectivity index is 2.30. The molecule has 0 saturated heterocycles. The van der Waals surface area contributed by atoms with Gasteiger partial charge in [0.05, 0.1) is 25.6 Å². The minimum atomic E-state index is -1.27. The number of anilines is 2. The number of methoxy groups -OCH3 is 2. The number of carbonyl (C=O) groups is 3. The molecular formula is C19H17FN2O6. The number of amides is 2. The highest BCUT2D eigenvalue weighted by molar-refractivity contribution is 6.06. The Morgan fingerprint density at radius 1 is 0.964 bits per heavy atom. The summed E-state index contributed by atoms with van der Waals surface area (Å²) in [7, 11) is 2.71. The highest BCUT2D eigenvalue weighted by Crippen LogP contribution is 2.36. The molecule has 0 unspecified atom stereocenters. The van der Waals surface area contributed by atoms with E-state index in [2.05, 4.69) is 10.6 Å². The van der Waals surface area contributed by atoms with E-state index < -0.39 is 23.6 Å². The van der Waals surface area contributed by atoms with Crippen LogP contribution in [0.5, 0.6) is 11.5 Å². The van der Waals surface area contributed by atoms with Gasteiger partial charge in [-0.2, -0.15) is 0 Å². The van der Waals surface area contributed by atoms with Crippen LogP contribution >= 0.6 is 0 Å². The molecule has 2 aromatic carbocycles. The lowest BCUT2D eigenvalue weighted by Gasteiger charge is -2.16. The van der Waals surface area contributed by atoms with E-state index in [1.165, 1.54) is 44.6 Å². The normalized spacial score (nSPS) is 10.4. The van der Waals surface area contributed by atoms with Gasteiger partial charge in [0.1, 0.15) is 17.3 Å². The highest BCUT2D eigenvalue weighted by atomic mass is 19.1. The third kappa shape index (κ3) is 5.31. The van der Waals surface area contributed by atoms with Crippen molar-refractivity contribution in [3.8, 4) is 11.5 Å². The van der Waals surface area contributed by atoms with Gasteiger partial charge >= 0.3 is 5.97 Å². The van der Waals surface area contributed by atoms with Crippen molar-refractivity contribution < 1.29 is 33.4 Å². The molecule has 28 heavy (non-hydrogen) atoms. The molecule has 3 N–H and O–H groups in total. The van der Waals surface area contributed by atoms with Crippen molar-refractivity contribution in [1.29, 1.82) is 0 Å². The summed E-state index contributed by atoms with van der Waals surface area (Å²) in [5.74, 6) is -2.70. The molecule has 0 heterocycles. The molecular weight excluding hydrogens is 371 g/mol. The van der Waals surface area contributed by atoms with Gasteiger partial charge in [0.2, 0.25) is 5.91 Å². The largest absolute Gasteiger partial charge is 0.494 e. The van der Waals surface area contributed by atoms with Crippen LogP contribution in [-0.2, 0) is 9.59 Å². The predicted octanol–water partition coefficient (Wildman–Crippen LogP) is 2.67. The van der Waals surface area contributed by atoms with E-state index in [-0.39, 0.29) is 28.4 Å². The van der Waals surface area contributed by atoms with Crippen molar-refractivity contribution in [2.24, 2.45) is 0 Å². The fraction of sp³-hybridized carbons (Fsp3) is 0.105. The molecule has 2 rings (SSSR count). The van der Waals surface area contributed by atoms with Crippen molar-refractivity contribution in [2.45, 2.75) is 0 Å². The molecule has 2 amide bonds. The first-order valence-electron chi connectivity index (χ1n) is 7.89. The minimum absolute atomic E-state index is 0.109. The summed E-state index contributed by atoms with van der Waals surface area (Å²) in [4.78, 5) is 34.6. The van der Waals surface area contributed by atoms with Crippen LogP contribution in [0.25, 0.3) is 0 Å². The molecule has 0 saturated carbocycles. The number of carbonyl (C=O) groups excluding carboxylic acids is 2. The maximum atomic E-state index is 13.3. The van der Waals surface area contributed by atoms with E-state index in [0.29, 0.717) is 6.08 Å². The number of rotatable bonds is 7. The molecule has 0 spiro atoms. The van der Waals surface area contributed by atoms with Gasteiger partial charge in [0.25, 0.3) is 5.91 Å². The van der Waals surface area contributed by atoms with Crippen LogP contribution in [0.4, 0.5) is 15.8 Å². The SMILES string of the molecule is COc1cc(NC(=O)c2cccc(F)c2)c(OC)cc1NC(=O)C=CC(=O)O. The Hall–Kier alpha value is -3.88. The van der Waals surface area contributed by atoms with Gasteiger partial charge in [-0.1, -0.05) is 6.07 Å². The molecule has 0 fully saturated rings. The predicted molar refractivity (Wildman–Crippen MR) is 99.3 cm³/mol. The van der Waals surface area contributed by atoms with E-state index >= 15 is 0 Å². The second-order valence-electron chi connectivity index (χ2n) is 5.38. The van der Waals surface area contributed by atoms with Crippen LogP contribution in [0.3, 0.4) is 0 Å². The van der Waals surface area contributed by atoms with Gasteiger partial charge in [0, 0.05) is 29.8 Å². The van der Waals surface area contributed by atoms with Gasteiger partial charge in [-0.15, -0.1) is 0 Å². The Bertz CT molecular complexity index is 942. The smallest absolute Gasteiger partial charge is 0.328 e.